The van der Waals surface area contributed by atoms with E-state index in [-0.39, 0.29) is 23.6 Å². The van der Waals surface area contributed by atoms with E-state index in [4.69, 9.17) is 9.47 Å². The maximum atomic E-state index is 12.7. The Labute approximate surface area is 162 Å². The van der Waals surface area contributed by atoms with Gasteiger partial charge in [-0.05, 0) is 24.3 Å². The van der Waals surface area contributed by atoms with Crippen molar-refractivity contribution in [3.05, 3.63) is 42.5 Å². The molecule has 0 unspecified atom stereocenters. The summed E-state index contributed by atoms with van der Waals surface area (Å²) in [6.45, 7) is 1.98. The van der Waals surface area contributed by atoms with Crippen LogP contribution >= 0.6 is 11.8 Å². The lowest BCUT2D eigenvalue weighted by molar-refractivity contribution is -0.121. The molecule has 142 valence electrons. The Balaban J connectivity index is 1.78. The average molecular weight is 386 g/mol. The van der Waals surface area contributed by atoms with Crippen molar-refractivity contribution in [2.75, 3.05) is 31.0 Å². The predicted molar refractivity (Wildman–Crippen MR) is 107 cm³/mol. The lowest BCUT2D eigenvalue weighted by Crippen LogP contribution is -2.38. The fraction of sp³-hybridized carbons (Fsp3) is 0.300. The molecule has 0 radical (unpaired) electrons. The molecule has 0 aromatic heterocycles. The maximum absolute atomic E-state index is 12.7. The molecule has 0 bridgehead atoms. The van der Waals surface area contributed by atoms with E-state index in [1.807, 2.05) is 31.2 Å². The minimum absolute atomic E-state index is 0.0442. The normalized spacial score (nSPS) is 16.3. The molecule has 0 spiro atoms. The van der Waals surface area contributed by atoms with Gasteiger partial charge in [-0.2, -0.15) is 0 Å². The van der Waals surface area contributed by atoms with Gasteiger partial charge >= 0.3 is 0 Å². The van der Waals surface area contributed by atoms with Gasteiger partial charge in [0.15, 0.2) is 11.5 Å². The Morgan fingerprint density at radius 3 is 2.67 bits per heavy atom. The molecular weight excluding hydrogens is 364 g/mol. The van der Waals surface area contributed by atoms with Crippen LogP contribution in [0.1, 0.15) is 13.3 Å². The van der Waals surface area contributed by atoms with Gasteiger partial charge in [0, 0.05) is 28.3 Å². The summed E-state index contributed by atoms with van der Waals surface area (Å²) < 4.78 is 10.5. The third-order valence-electron chi connectivity index (χ3n) is 4.22. The van der Waals surface area contributed by atoms with E-state index in [1.165, 1.54) is 7.11 Å². The van der Waals surface area contributed by atoms with Gasteiger partial charge in [0.2, 0.25) is 11.8 Å². The molecule has 2 amide bonds. The van der Waals surface area contributed by atoms with Crippen molar-refractivity contribution in [2.24, 2.45) is 0 Å². The number of benzene rings is 2. The van der Waals surface area contributed by atoms with E-state index in [2.05, 4.69) is 5.32 Å². The van der Waals surface area contributed by atoms with Gasteiger partial charge in [-0.3, -0.25) is 9.59 Å². The van der Waals surface area contributed by atoms with Gasteiger partial charge in [-0.1, -0.05) is 19.1 Å². The zero-order valence-electron chi connectivity index (χ0n) is 15.5. The highest BCUT2D eigenvalue weighted by Crippen LogP contribution is 2.37. The predicted octanol–water partition coefficient (Wildman–Crippen LogP) is 3.56. The van der Waals surface area contributed by atoms with Crippen LogP contribution in [0.5, 0.6) is 11.5 Å². The van der Waals surface area contributed by atoms with E-state index < -0.39 is 0 Å². The van der Waals surface area contributed by atoms with Crippen molar-refractivity contribution >= 4 is 35.0 Å². The number of rotatable bonds is 5. The molecule has 2 aromatic carbocycles. The molecule has 1 N–H and O–H groups in total. The Kier molecular flexibility index (Phi) is 5.91. The van der Waals surface area contributed by atoms with Crippen LogP contribution in [0.4, 0.5) is 11.4 Å². The standard InChI is InChI=1S/C20H22N2O4S/c1-13-10-20(24)22(15-6-4-5-7-18(15)27-13)12-19(23)21-14-8-9-16(25-2)17(11-14)26-3/h4-9,11,13H,10,12H2,1-3H3,(H,21,23)/t13-/m1/s1. The number of hydrogen-bond acceptors (Lipinski definition) is 5. The van der Waals surface area contributed by atoms with Crippen LogP contribution in [0.3, 0.4) is 0 Å². The molecule has 27 heavy (non-hydrogen) atoms. The number of fused-ring (bicyclic) bond motifs is 1. The second-order valence-electron chi connectivity index (χ2n) is 6.20. The topological polar surface area (TPSA) is 67.9 Å². The molecule has 3 rings (SSSR count). The number of ether oxygens (including phenoxy) is 2. The Morgan fingerprint density at radius 1 is 1.19 bits per heavy atom. The van der Waals surface area contributed by atoms with E-state index >= 15 is 0 Å². The van der Waals surface area contributed by atoms with E-state index in [9.17, 15) is 9.59 Å². The summed E-state index contributed by atoms with van der Waals surface area (Å²) in [6.07, 6.45) is 0.392. The summed E-state index contributed by atoms with van der Waals surface area (Å²) in [6, 6.07) is 12.8. The third kappa shape index (κ3) is 4.36. The number of methoxy groups -OCH3 is 2. The van der Waals surface area contributed by atoms with Crippen LogP contribution in [0, 0.1) is 0 Å². The monoisotopic (exact) mass is 386 g/mol. The minimum Gasteiger partial charge on any atom is -0.493 e. The first-order valence-electron chi connectivity index (χ1n) is 8.59. The van der Waals surface area contributed by atoms with Crippen LogP contribution in [0.25, 0.3) is 0 Å². The van der Waals surface area contributed by atoms with E-state index in [0.29, 0.717) is 23.6 Å². The lowest BCUT2D eigenvalue weighted by Gasteiger charge is -2.22. The summed E-state index contributed by atoms with van der Waals surface area (Å²) >= 11 is 1.66. The summed E-state index contributed by atoms with van der Waals surface area (Å²) in [5.41, 5.74) is 1.36. The van der Waals surface area contributed by atoms with Crippen molar-refractivity contribution in [3.63, 3.8) is 0 Å². The van der Waals surface area contributed by atoms with Crippen LogP contribution < -0.4 is 19.7 Å². The first-order valence-corrected chi connectivity index (χ1v) is 9.47. The fourth-order valence-electron chi connectivity index (χ4n) is 2.96. The van der Waals surface area contributed by atoms with Gasteiger partial charge < -0.3 is 19.7 Å². The van der Waals surface area contributed by atoms with E-state index in [0.717, 1.165) is 10.6 Å². The van der Waals surface area contributed by atoms with E-state index in [1.54, 1.807) is 42.0 Å². The van der Waals surface area contributed by atoms with Crippen LogP contribution in [-0.4, -0.2) is 37.8 Å². The van der Waals surface area contributed by atoms with Gasteiger partial charge in [-0.25, -0.2) is 0 Å². The van der Waals surface area contributed by atoms with Crippen molar-refractivity contribution in [1.29, 1.82) is 0 Å². The van der Waals surface area contributed by atoms with Crippen LogP contribution in [0.2, 0.25) is 0 Å². The Bertz CT molecular complexity index is 856. The number of carbonyl (C=O) groups excluding carboxylic acids is 2. The van der Waals surface area contributed by atoms with Gasteiger partial charge in [-0.15, -0.1) is 11.8 Å². The molecule has 0 fully saturated rings. The highest BCUT2D eigenvalue weighted by atomic mass is 32.2. The first-order chi connectivity index (χ1) is 13.0. The number of amides is 2. The van der Waals surface area contributed by atoms with Crippen LogP contribution in [0.15, 0.2) is 47.4 Å². The van der Waals surface area contributed by atoms with Crippen molar-refractivity contribution < 1.29 is 19.1 Å². The Morgan fingerprint density at radius 2 is 1.93 bits per heavy atom. The van der Waals surface area contributed by atoms with Crippen molar-refractivity contribution in [2.45, 2.75) is 23.5 Å². The molecule has 1 heterocycles. The smallest absolute Gasteiger partial charge is 0.244 e. The van der Waals surface area contributed by atoms with Crippen molar-refractivity contribution in [1.82, 2.24) is 0 Å². The minimum atomic E-state index is -0.273. The maximum Gasteiger partial charge on any atom is 0.244 e. The van der Waals surface area contributed by atoms with Gasteiger partial charge in [0.25, 0.3) is 0 Å². The molecule has 6 nitrogen and oxygen atoms in total. The number of hydrogen-bond donors (Lipinski definition) is 1. The van der Waals surface area contributed by atoms with Crippen LogP contribution in [-0.2, 0) is 9.59 Å². The summed E-state index contributed by atoms with van der Waals surface area (Å²) in [4.78, 5) is 27.8. The number of thioether (sulfide) groups is 1. The quantitative estimate of drug-likeness (QED) is 0.851. The number of nitrogens with zero attached hydrogens (tertiary/aromatic N) is 1. The fourth-order valence-corrected chi connectivity index (χ4v) is 4.08. The molecule has 0 saturated heterocycles. The number of para-hydroxylation sites is 1. The molecule has 7 heteroatoms. The molecule has 2 aromatic rings. The average Bonchev–Trinajstić information content (AvgIpc) is 2.77. The second kappa shape index (κ2) is 8.35. The summed E-state index contributed by atoms with van der Waals surface area (Å²) in [5, 5.41) is 2.99. The highest BCUT2D eigenvalue weighted by Gasteiger charge is 2.27. The number of anilines is 2. The molecule has 1 atom stereocenters. The zero-order chi connectivity index (χ0) is 19.4. The molecular formula is C20H22N2O4S. The molecule has 1 aliphatic heterocycles. The summed E-state index contributed by atoms with van der Waals surface area (Å²) in [5.74, 6) is 0.780. The molecule has 1 aliphatic rings. The Hall–Kier alpha value is -2.67. The number of nitrogens with one attached hydrogen (secondary N) is 1. The number of carbonyl (C=O) groups is 2. The van der Waals surface area contributed by atoms with Crippen molar-refractivity contribution in [3.8, 4) is 11.5 Å². The largest absolute Gasteiger partial charge is 0.493 e. The zero-order valence-corrected chi connectivity index (χ0v) is 16.3. The van der Waals surface area contributed by atoms with Gasteiger partial charge in [0.1, 0.15) is 6.54 Å². The lowest BCUT2D eigenvalue weighted by atomic mass is 10.2. The molecule has 0 aliphatic carbocycles. The highest BCUT2D eigenvalue weighted by molar-refractivity contribution is 8.00. The molecule has 0 saturated carbocycles. The summed E-state index contributed by atoms with van der Waals surface area (Å²) in [7, 11) is 3.09. The SMILES string of the molecule is COc1ccc(NC(=O)CN2C(=O)C[C@@H](C)Sc3ccccc32)cc1OC. The third-order valence-corrected chi connectivity index (χ3v) is 5.38. The van der Waals surface area contributed by atoms with Gasteiger partial charge in [0.05, 0.1) is 19.9 Å². The second-order valence-corrected chi connectivity index (χ2v) is 7.68. The first kappa shape index (κ1) is 19.1.